The molecule has 0 unspecified atom stereocenters. The van der Waals surface area contributed by atoms with Crippen LogP contribution in [0, 0.1) is 0 Å². The third-order valence-electron chi connectivity index (χ3n) is 2.05. The molecule has 1 rings (SSSR count). The zero-order valence-corrected chi connectivity index (χ0v) is 8.46. The molecule has 13 heavy (non-hydrogen) atoms. The summed E-state index contributed by atoms with van der Waals surface area (Å²) in [6.07, 6.45) is 2.19. The summed E-state index contributed by atoms with van der Waals surface area (Å²) in [6.45, 7) is 5.08. The summed E-state index contributed by atoms with van der Waals surface area (Å²) in [5, 5.41) is 0. The van der Waals surface area contributed by atoms with Gasteiger partial charge in [-0.3, -0.25) is 4.99 Å². The van der Waals surface area contributed by atoms with E-state index in [2.05, 4.69) is 49.2 Å². The third kappa shape index (κ3) is 3.88. The maximum atomic E-state index is 4.36. The molecule has 0 aliphatic heterocycles. The van der Waals surface area contributed by atoms with Crippen LogP contribution >= 0.6 is 0 Å². The molecule has 0 radical (unpaired) electrons. The number of rotatable bonds is 4. The molecule has 0 aliphatic rings. The van der Waals surface area contributed by atoms with Crippen molar-refractivity contribution in [3.63, 3.8) is 0 Å². The number of benzene rings is 1. The second kappa shape index (κ2) is 5.52. The Morgan fingerprint density at radius 2 is 1.92 bits per heavy atom. The normalized spacial score (nSPS) is 11.7. The largest absolute Gasteiger partial charge is 0.295 e. The molecule has 0 atom stereocenters. The molecular formula is C12H17N. The van der Waals surface area contributed by atoms with E-state index in [0.717, 1.165) is 19.4 Å². The van der Waals surface area contributed by atoms with Gasteiger partial charge in [-0.15, -0.1) is 0 Å². The molecule has 0 amide bonds. The summed E-state index contributed by atoms with van der Waals surface area (Å²) in [4.78, 5) is 4.36. The lowest BCUT2D eigenvalue weighted by molar-refractivity contribution is 1.01. The van der Waals surface area contributed by atoms with E-state index in [4.69, 9.17) is 0 Å². The average Bonchev–Trinajstić information content (AvgIpc) is 2.17. The summed E-state index contributed by atoms with van der Waals surface area (Å²) in [5.41, 5.74) is 2.65. The number of aryl methyl sites for hydroxylation is 1. The molecular weight excluding hydrogens is 158 g/mol. The minimum absolute atomic E-state index is 0.903. The monoisotopic (exact) mass is 175 g/mol. The van der Waals surface area contributed by atoms with Crippen LogP contribution in [0.2, 0.25) is 0 Å². The summed E-state index contributed by atoms with van der Waals surface area (Å²) < 4.78 is 0. The number of nitrogens with zero attached hydrogens (tertiary/aromatic N) is 1. The van der Waals surface area contributed by atoms with Crippen molar-refractivity contribution in [3.8, 4) is 0 Å². The Morgan fingerprint density at radius 3 is 2.54 bits per heavy atom. The first-order chi connectivity index (χ1) is 6.33. The Kier molecular flexibility index (Phi) is 4.24. The van der Waals surface area contributed by atoms with E-state index < -0.39 is 0 Å². The van der Waals surface area contributed by atoms with Crippen LogP contribution in [-0.2, 0) is 6.42 Å². The zero-order chi connectivity index (χ0) is 9.52. The fourth-order valence-corrected chi connectivity index (χ4v) is 1.32. The van der Waals surface area contributed by atoms with Gasteiger partial charge in [0.2, 0.25) is 0 Å². The highest BCUT2D eigenvalue weighted by molar-refractivity contribution is 5.82. The molecule has 1 nitrogen and oxygen atoms in total. The van der Waals surface area contributed by atoms with E-state index >= 15 is 0 Å². The molecule has 0 heterocycles. The summed E-state index contributed by atoms with van der Waals surface area (Å²) >= 11 is 0. The second-order valence-electron chi connectivity index (χ2n) is 3.20. The van der Waals surface area contributed by atoms with Gasteiger partial charge in [0.05, 0.1) is 0 Å². The van der Waals surface area contributed by atoms with Crippen molar-refractivity contribution in [2.24, 2.45) is 4.99 Å². The van der Waals surface area contributed by atoms with Crippen molar-refractivity contribution in [2.75, 3.05) is 6.54 Å². The van der Waals surface area contributed by atoms with Crippen LogP contribution in [0.5, 0.6) is 0 Å². The van der Waals surface area contributed by atoms with E-state index in [0.29, 0.717) is 0 Å². The van der Waals surface area contributed by atoms with E-state index in [-0.39, 0.29) is 0 Å². The van der Waals surface area contributed by atoms with Gasteiger partial charge in [0.25, 0.3) is 0 Å². The topological polar surface area (TPSA) is 12.4 Å². The Balaban J connectivity index is 2.39. The Bertz CT molecular complexity index is 262. The molecule has 0 saturated carbocycles. The first-order valence-electron chi connectivity index (χ1n) is 4.86. The van der Waals surface area contributed by atoms with Gasteiger partial charge in [0.15, 0.2) is 0 Å². The summed E-state index contributed by atoms with van der Waals surface area (Å²) in [6, 6.07) is 10.6. The zero-order valence-electron chi connectivity index (χ0n) is 8.46. The second-order valence-corrected chi connectivity index (χ2v) is 3.20. The van der Waals surface area contributed by atoms with Gasteiger partial charge in [-0.25, -0.2) is 0 Å². The molecule has 0 saturated heterocycles. The van der Waals surface area contributed by atoms with Crippen LogP contribution in [0.25, 0.3) is 0 Å². The van der Waals surface area contributed by atoms with Crippen molar-refractivity contribution in [3.05, 3.63) is 35.9 Å². The molecule has 0 aliphatic carbocycles. The highest BCUT2D eigenvalue weighted by atomic mass is 14.7. The molecule has 1 aromatic rings. The van der Waals surface area contributed by atoms with Gasteiger partial charge in [-0.05, 0) is 32.3 Å². The summed E-state index contributed by atoms with van der Waals surface area (Å²) in [7, 11) is 0. The minimum atomic E-state index is 0.903. The number of hydrogen-bond donors (Lipinski definition) is 0. The fourth-order valence-electron chi connectivity index (χ4n) is 1.32. The van der Waals surface area contributed by atoms with Crippen molar-refractivity contribution >= 4 is 5.71 Å². The Labute approximate surface area is 80.5 Å². The lowest BCUT2D eigenvalue weighted by atomic mass is 10.1. The van der Waals surface area contributed by atoms with Crippen molar-refractivity contribution in [1.29, 1.82) is 0 Å². The first-order valence-corrected chi connectivity index (χ1v) is 4.86. The lowest BCUT2D eigenvalue weighted by Crippen LogP contribution is -1.95. The highest BCUT2D eigenvalue weighted by Crippen LogP contribution is 2.03. The van der Waals surface area contributed by atoms with Crippen LogP contribution in [0.1, 0.15) is 25.8 Å². The van der Waals surface area contributed by atoms with Gasteiger partial charge < -0.3 is 0 Å². The van der Waals surface area contributed by atoms with Crippen LogP contribution in [0.4, 0.5) is 0 Å². The smallest absolute Gasteiger partial charge is 0.0360 e. The number of hydrogen-bond acceptors (Lipinski definition) is 1. The molecule has 1 heteroatoms. The average molecular weight is 175 g/mol. The third-order valence-corrected chi connectivity index (χ3v) is 2.05. The predicted octanol–water partition coefficient (Wildman–Crippen LogP) is 3.10. The van der Waals surface area contributed by atoms with E-state index in [9.17, 15) is 0 Å². The maximum Gasteiger partial charge on any atom is 0.0360 e. The van der Waals surface area contributed by atoms with Crippen LogP contribution in [0.15, 0.2) is 35.3 Å². The molecule has 0 aromatic heterocycles. The minimum Gasteiger partial charge on any atom is -0.295 e. The van der Waals surface area contributed by atoms with E-state index in [1.54, 1.807) is 0 Å². The van der Waals surface area contributed by atoms with Gasteiger partial charge in [0, 0.05) is 12.3 Å². The van der Waals surface area contributed by atoms with Crippen LogP contribution in [-0.4, -0.2) is 12.3 Å². The molecule has 0 fully saturated rings. The van der Waals surface area contributed by atoms with Crippen molar-refractivity contribution in [2.45, 2.75) is 26.7 Å². The summed E-state index contributed by atoms with van der Waals surface area (Å²) in [5.74, 6) is 0. The van der Waals surface area contributed by atoms with E-state index in [1.165, 1.54) is 11.3 Å². The molecule has 1 aromatic carbocycles. The Morgan fingerprint density at radius 1 is 1.23 bits per heavy atom. The van der Waals surface area contributed by atoms with Gasteiger partial charge >= 0.3 is 0 Å². The van der Waals surface area contributed by atoms with Crippen molar-refractivity contribution < 1.29 is 0 Å². The molecule has 70 valence electrons. The SMILES string of the molecule is CCN=C(C)CCc1ccccc1. The molecule has 0 N–H and O–H groups in total. The number of aliphatic imine (C=N–C) groups is 1. The van der Waals surface area contributed by atoms with Gasteiger partial charge in [-0.1, -0.05) is 30.3 Å². The van der Waals surface area contributed by atoms with Gasteiger partial charge in [-0.2, -0.15) is 0 Å². The molecule has 0 bridgehead atoms. The lowest BCUT2D eigenvalue weighted by Gasteiger charge is -2.00. The van der Waals surface area contributed by atoms with Crippen molar-refractivity contribution in [1.82, 2.24) is 0 Å². The fraction of sp³-hybridized carbons (Fsp3) is 0.417. The van der Waals surface area contributed by atoms with Crippen LogP contribution < -0.4 is 0 Å². The first kappa shape index (κ1) is 9.97. The molecule has 0 spiro atoms. The van der Waals surface area contributed by atoms with Gasteiger partial charge in [0.1, 0.15) is 0 Å². The van der Waals surface area contributed by atoms with E-state index in [1.807, 2.05) is 0 Å². The predicted molar refractivity (Wildman–Crippen MR) is 58.4 cm³/mol. The Hall–Kier alpha value is -1.11. The standard InChI is InChI=1S/C12H17N/c1-3-13-11(2)9-10-12-7-5-4-6-8-12/h4-8H,3,9-10H2,1-2H3. The highest BCUT2D eigenvalue weighted by Gasteiger charge is 1.93. The maximum absolute atomic E-state index is 4.36. The quantitative estimate of drug-likeness (QED) is 0.623. The van der Waals surface area contributed by atoms with Crippen LogP contribution in [0.3, 0.4) is 0 Å².